The number of hydrogen-bond donors (Lipinski definition) is 2. The van der Waals surface area contributed by atoms with Gasteiger partial charge in [0.1, 0.15) is 5.75 Å². The number of fused-ring (bicyclic) bond motifs is 1. The molecule has 3 rings (SSSR count). The Morgan fingerprint density at radius 3 is 2.83 bits per heavy atom. The Kier molecular flexibility index (Phi) is 4.41. The van der Waals surface area contributed by atoms with Crippen molar-refractivity contribution in [3.63, 3.8) is 0 Å². The van der Waals surface area contributed by atoms with E-state index >= 15 is 0 Å². The van der Waals surface area contributed by atoms with E-state index in [-0.39, 0.29) is 11.4 Å². The van der Waals surface area contributed by atoms with E-state index in [1.807, 2.05) is 24.3 Å². The predicted octanol–water partition coefficient (Wildman–Crippen LogP) is 1.65. The van der Waals surface area contributed by atoms with E-state index in [1.165, 1.54) is 18.2 Å². The van der Waals surface area contributed by atoms with Crippen molar-refractivity contribution in [2.75, 3.05) is 13.7 Å². The maximum atomic E-state index is 12.3. The molecule has 0 radical (unpaired) electrons. The fraction of sp³-hybridized carbons (Fsp3) is 0.188. The molecular formula is C16H16N2O5S. The van der Waals surface area contributed by atoms with Gasteiger partial charge in [-0.05, 0) is 42.3 Å². The first-order chi connectivity index (χ1) is 11.5. The number of oxazole rings is 1. The first kappa shape index (κ1) is 16.3. The molecule has 7 nitrogen and oxygen atoms in total. The van der Waals surface area contributed by atoms with Crippen molar-refractivity contribution in [3.8, 4) is 5.75 Å². The highest BCUT2D eigenvalue weighted by atomic mass is 32.2. The summed E-state index contributed by atoms with van der Waals surface area (Å²) < 4.78 is 37.2. The predicted molar refractivity (Wildman–Crippen MR) is 88.7 cm³/mol. The Morgan fingerprint density at radius 1 is 1.21 bits per heavy atom. The zero-order chi connectivity index (χ0) is 17.2. The highest BCUT2D eigenvalue weighted by Gasteiger charge is 2.15. The zero-order valence-corrected chi connectivity index (χ0v) is 13.7. The first-order valence-electron chi connectivity index (χ1n) is 7.23. The fourth-order valence-electron chi connectivity index (χ4n) is 2.34. The van der Waals surface area contributed by atoms with E-state index < -0.39 is 15.8 Å². The number of aromatic amines is 1. The topological polar surface area (TPSA) is 101 Å². The number of nitrogens with one attached hydrogen (secondary N) is 2. The highest BCUT2D eigenvalue weighted by molar-refractivity contribution is 7.89. The lowest BCUT2D eigenvalue weighted by atomic mass is 10.1. The molecule has 2 N–H and O–H groups in total. The van der Waals surface area contributed by atoms with E-state index in [1.54, 1.807) is 7.11 Å². The van der Waals surface area contributed by atoms with Crippen LogP contribution >= 0.6 is 0 Å². The van der Waals surface area contributed by atoms with Crippen LogP contribution in [0.5, 0.6) is 5.75 Å². The number of hydrogen-bond acceptors (Lipinski definition) is 5. The van der Waals surface area contributed by atoms with Crippen LogP contribution in [0.4, 0.5) is 0 Å². The second kappa shape index (κ2) is 6.50. The minimum atomic E-state index is -3.67. The molecule has 2 aromatic carbocycles. The van der Waals surface area contributed by atoms with Crippen LogP contribution in [-0.4, -0.2) is 27.1 Å². The van der Waals surface area contributed by atoms with E-state index in [4.69, 9.17) is 9.15 Å². The molecule has 0 unspecified atom stereocenters. The molecule has 0 atom stereocenters. The van der Waals surface area contributed by atoms with Crippen LogP contribution in [0.3, 0.4) is 0 Å². The third kappa shape index (κ3) is 3.50. The van der Waals surface area contributed by atoms with Crippen molar-refractivity contribution in [2.24, 2.45) is 0 Å². The molecule has 1 heterocycles. The van der Waals surface area contributed by atoms with Crippen LogP contribution in [0.15, 0.2) is 56.6 Å². The minimum Gasteiger partial charge on any atom is -0.497 e. The molecule has 0 saturated carbocycles. The molecule has 3 aromatic rings. The minimum absolute atomic E-state index is 0.0673. The van der Waals surface area contributed by atoms with Crippen molar-refractivity contribution in [3.05, 3.63) is 58.6 Å². The van der Waals surface area contributed by atoms with E-state index in [0.29, 0.717) is 17.5 Å². The number of aromatic nitrogens is 1. The van der Waals surface area contributed by atoms with Crippen LogP contribution in [0.2, 0.25) is 0 Å². The third-order valence-electron chi connectivity index (χ3n) is 3.54. The molecule has 1 aromatic heterocycles. The molecule has 0 aliphatic carbocycles. The van der Waals surface area contributed by atoms with Gasteiger partial charge in [0.25, 0.3) is 0 Å². The van der Waals surface area contributed by atoms with Gasteiger partial charge in [-0.1, -0.05) is 12.1 Å². The average Bonchev–Trinajstić information content (AvgIpc) is 2.94. The maximum Gasteiger partial charge on any atom is 0.417 e. The Balaban J connectivity index is 1.71. The van der Waals surface area contributed by atoms with Gasteiger partial charge in [-0.3, -0.25) is 4.98 Å². The molecule has 126 valence electrons. The molecule has 0 bridgehead atoms. The van der Waals surface area contributed by atoms with E-state index in [9.17, 15) is 13.2 Å². The quantitative estimate of drug-likeness (QED) is 0.705. The summed E-state index contributed by atoms with van der Waals surface area (Å²) in [6.07, 6.45) is 0.529. The molecule has 0 saturated heterocycles. The third-order valence-corrected chi connectivity index (χ3v) is 5.00. The molecule has 8 heteroatoms. The second-order valence-electron chi connectivity index (χ2n) is 5.17. The number of H-pyrrole nitrogens is 1. The molecule has 0 fully saturated rings. The standard InChI is InChI=1S/C16H16N2O5S/c1-22-12-4-2-3-11(9-12)7-8-17-24(20,21)13-5-6-15-14(10-13)18-16(19)23-15/h2-6,9-10,17H,7-8H2,1H3,(H,18,19). The average molecular weight is 348 g/mol. The lowest BCUT2D eigenvalue weighted by Gasteiger charge is -2.08. The van der Waals surface area contributed by atoms with Crippen molar-refractivity contribution in [1.82, 2.24) is 9.71 Å². The summed E-state index contributed by atoms with van der Waals surface area (Å²) in [5, 5.41) is 0. The molecule has 0 spiro atoms. The van der Waals surface area contributed by atoms with Gasteiger partial charge >= 0.3 is 5.76 Å². The Bertz CT molecular complexity index is 1020. The van der Waals surface area contributed by atoms with Gasteiger partial charge in [0.2, 0.25) is 10.0 Å². The largest absolute Gasteiger partial charge is 0.497 e. The lowest BCUT2D eigenvalue weighted by molar-refractivity contribution is 0.414. The Hall–Kier alpha value is -2.58. The van der Waals surface area contributed by atoms with Crippen molar-refractivity contribution >= 4 is 21.1 Å². The normalized spacial score (nSPS) is 11.7. The summed E-state index contributed by atoms with van der Waals surface area (Å²) in [4.78, 5) is 13.6. The van der Waals surface area contributed by atoms with Crippen molar-refractivity contribution < 1.29 is 17.6 Å². The number of sulfonamides is 1. The monoisotopic (exact) mass is 348 g/mol. The molecule has 24 heavy (non-hydrogen) atoms. The Labute approximate surface area is 138 Å². The van der Waals surface area contributed by atoms with Crippen LogP contribution in [0, 0.1) is 0 Å². The Morgan fingerprint density at radius 2 is 2.04 bits per heavy atom. The molecule has 0 amide bonds. The first-order valence-corrected chi connectivity index (χ1v) is 8.72. The summed E-state index contributed by atoms with van der Waals surface area (Å²) in [5.74, 6) is 0.107. The van der Waals surface area contributed by atoms with Gasteiger partial charge < -0.3 is 9.15 Å². The second-order valence-corrected chi connectivity index (χ2v) is 6.94. The summed E-state index contributed by atoms with van der Waals surface area (Å²) in [5.41, 5.74) is 1.62. The number of methoxy groups -OCH3 is 1. The number of ether oxygens (including phenoxy) is 1. The van der Waals surface area contributed by atoms with Gasteiger partial charge in [0, 0.05) is 6.54 Å². The summed E-state index contributed by atoms with van der Waals surface area (Å²) >= 11 is 0. The van der Waals surface area contributed by atoms with Gasteiger partial charge in [-0.15, -0.1) is 0 Å². The molecular weight excluding hydrogens is 332 g/mol. The van der Waals surface area contributed by atoms with Crippen molar-refractivity contribution in [2.45, 2.75) is 11.3 Å². The maximum absolute atomic E-state index is 12.3. The SMILES string of the molecule is COc1cccc(CCNS(=O)(=O)c2ccc3oc(=O)[nH]c3c2)c1. The van der Waals surface area contributed by atoms with Gasteiger partial charge in [0.05, 0.1) is 17.5 Å². The van der Waals surface area contributed by atoms with Crippen LogP contribution in [-0.2, 0) is 16.4 Å². The van der Waals surface area contributed by atoms with Crippen molar-refractivity contribution in [1.29, 1.82) is 0 Å². The lowest BCUT2D eigenvalue weighted by Crippen LogP contribution is -2.26. The molecule has 0 aliphatic heterocycles. The number of rotatable bonds is 6. The zero-order valence-electron chi connectivity index (χ0n) is 12.9. The number of benzene rings is 2. The van der Waals surface area contributed by atoms with E-state index in [0.717, 1.165) is 11.3 Å². The smallest absolute Gasteiger partial charge is 0.417 e. The molecule has 0 aliphatic rings. The van der Waals surface area contributed by atoms with Gasteiger partial charge in [-0.2, -0.15) is 0 Å². The van der Waals surface area contributed by atoms with Gasteiger partial charge in [0.15, 0.2) is 5.58 Å². The summed E-state index contributed by atoms with van der Waals surface area (Å²) in [6, 6.07) is 11.7. The fourth-order valence-corrected chi connectivity index (χ4v) is 3.40. The highest BCUT2D eigenvalue weighted by Crippen LogP contribution is 2.17. The van der Waals surface area contributed by atoms with Crippen LogP contribution < -0.4 is 15.2 Å². The van der Waals surface area contributed by atoms with Gasteiger partial charge in [-0.25, -0.2) is 17.9 Å². The van der Waals surface area contributed by atoms with E-state index in [2.05, 4.69) is 9.71 Å². The summed E-state index contributed by atoms with van der Waals surface area (Å²) in [7, 11) is -2.09. The van der Waals surface area contributed by atoms with Crippen LogP contribution in [0.25, 0.3) is 11.1 Å². The van der Waals surface area contributed by atoms with Crippen LogP contribution in [0.1, 0.15) is 5.56 Å². The summed E-state index contributed by atoms with van der Waals surface area (Å²) in [6.45, 7) is 0.245.